The number of amides is 1. The zero-order valence-electron chi connectivity index (χ0n) is 18.0. The van der Waals surface area contributed by atoms with Gasteiger partial charge in [-0.3, -0.25) is 4.79 Å². The van der Waals surface area contributed by atoms with Gasteiger partial charge in [0.1, 0.15) is 17.7 Å². The van der Waals surface area contributed by atoms with Gasteiger partial charge in [-0.2, -0.15) is 4.98 Å². The highest BCUT2D eigenvalue weighted by Gasteiger charge is 2.37. The molecule has 1 atom stereocenters. The van der Waals surface area contributed by atoms with Crippen LogP contribution in [0.5, 0.6) is 11.5 Å². The largest absolute Gasteiger partial charge is 0.493 e. The number of likely N-dealkylation sites (tertiary alicyclic amines) is 1. The molecule has 2 aromatic carbocycles. The number of benzene rings is 2. The summed E-state index contributed by atoms with van der Waals surface area (Å²) in [5.74, 6) is 0.00438. The SMILES string of the molecule is COc1cc(-c2noc(C3CCC(=O)N3Cc3c(F)cccc3F)n2)ccc1OC(C)C. The molecule has 3 aromatic rings. The standard InChI is InChI=1S/C23H23F2N3O4/c1-13(2)31-19-9-7-14(11-20(19)30-3)22-26-23(32-27-22)18-8-10-21(29)28(18)12-15-16(24)5-4-6-17(15)25/h4-7,9,11,13,18H,8,10,12H2,1-3H3. The quantitative estimate of drug-likeness (QED) is 0.528. The Balaban J connectivity index is 1.59. The zero-order chi connectivity index (χ0) is 22.8. The average molecular weight is 443 g/mol. The van der Waals surface area contributed by atoms with Gasteiger partial charge in [-0.05, 0) is 50.6 Å². The summed E-state index contributed by atoms with van der Waals surface area (Å²) in [5, 5.41) is 4.03. The minimum atomic E-state index is -0.703. The molecule has 32 heavy (non-hydrogen) atoms. The van der Waals surface area contributed by atoms with Crippen LogP contribution in [-0.2, 0) is 11.3 Å². The van der Waals surface area contributed by atoms with Crippen molar-refractivity contribution in [3.8, 4) is 22.9 Å². The van der Waals surface area contributed by atoms with Crippen molar-refractivity contribution < 1.29 is 27.6 Å². The van der Waals surface area contributed by atoms with E-state index in [9.17, 15) is 13.6 Å². The first-order chi connectivity index (χ1) is 15.4. The molecule has 2 heterocycles. The molecule has 1 fully saturated rings. The highest BCUT2D eigenvalue weighted by molar-refractivity contribution is 5.79. The van der Waals surface area contributed by atoms with Crippen LogP contribution in [0.4, 0.5) is 8.78 Å². The van der Waals surface area contributed by atoms with Crippen molar-refractivity contribution in [2.45, 2.75) is 45.4 Å². The van der Waals surface area contributed by atoms with Gasteiger partial charge in [0.2, 0.25) is 17.6 Å². The Labute approximate surface area is 183 Å². The highest BCUT2D eigenvalue weighted by Crippen LogP contribution is 2.36. The third kappa shape index (κ3) is 4.28. The van der Waals surface area contributed by atoms with E-state index in [1.165, 1.54) is 30.2 Å². The molecule has 1 saturated heterocycles. The van der Waals surface area contributed by atoms with Crippen LogP contribution in [-0.4, -0.2) is 34.2 Å². The van der Waals surface area contributed by atoms with E-state index in [1.807, 2.05) is 13.8 Å². The first kappa shape index (κ1) is 21.7. The monoisotopic (exact) mass is 443 g/mol. The van der Waals surface area contributed by atoms with E-state index >= 15 is 0 Å². The number of aromatic nitrogens is 2. The predicted molar refractivity (Wildman–Crippen MR) is 111 cm³/mol. The molecule has 1 unspecified atom stereocenters. The van der Waals surface area contributed by atoms with E-state index in [1.54, 1.807) is 18.2 Å². The fraction of sp³-hybridized carbons (Fsp3) is 0.348. The zero-order valence-corrected chi connectivity index (χ0v) is 18.0. The Morgan fingerprint density at radius 1 is 1.19 bits per heavy atom. The lowest BCUT2D eigenvalue weighted by atomic mass is 10.1. The van der Waals surface area contributed by atoms with Crippen LogP contribution in [0.25, 0.3) is 11.4 Å². The van der Waals surface area contributed by atoms with Gasteiger partial charge in [-0.15, -0.1) is 0 Å². The van der Waals surface area contributed by atoms with Crippen molar-refractivity contribution in [1.82, 2.24) is 15.0 Å². The van der Waals surface area contributed by atoms with E-state index in [0.717, 1.165) is 0 Å². The second kappa shape index (κ2) is 8.94. The van der Waals surface area contributed by atoms with Crippen LogP contribution in [0, 0.1) is 11.6 Å². The summed E-state index contributed by atoms with van der Waals surface area (Å²) in [4.78, 5) is 18.2. The van der Waals surface area contributed by atoms with Gasteiger partial charge in [0.15, 0.2) is 11.5 Å². The topological polar surface area (TPSA) is 77.7 Å². The molecular weight excluding hydrogens is 420 g/mol. The minimum absolute atomic E-state index is 0.0169. The molecule has 1 amide bonds. The summed E-state index contributed by atoms with van der Waals surface area (Å²) < 4.78 is 44.8. The Morgan fingerprint density at radius 3 is 2.62 bits per heavy atom. The molecule has 0 N–H and O–H groups in total. The summed E-state index contributed by atoms with van der Waals surface area (Å²) >= 11 is 0. The van der Waals surface area contributed by atoms with Crippen LogP contribution in [0.1, 0.15) is 44.2 Å². The highest BCUT2D eigenvalue weighted by atomic mass is 19.1. The lowest BCUT2D eigenvalue weighted by molar-refractivity contribution is -0.130. The Bertz CT molecular complexity index is 1110. The summed E-state index contributed by atoms with van der Waals surface area (Å²) in [6.45, 7) is 3.62. The number of hydrogen-bond acceptors (Lipinski definition) is 6. The first-order valence-electron chi connectivity index (χ1n) is 10.3. The van der Waals surface area contributed by atoms with E-state index in [4.69, 9.17) is 14.0 Å². The van der Waals surface area contributed by atoms with E-state index in [0.29, 0.717) is 29.3 Å². The van der Waals surface area contributed by atoms with Gasteiger partial charge in [0, 0.05) is 17.5 Å². The molecule has 1 aromatic heterocycles. The maximum absolute atomic E-state index is 14.1. The maximum Gasteiger partial charge on any atom is 0.249 e. The van der Waals surface area contributed by atoms with Crippen molar-refractivity contribution in [1.29, 1.82) is 0 Å². The lowest BCUT2D eigenvalue weighted by Gasteiger charge is -2.22. The predicted octanol–water partition coefficient (Wildman–Crippen LogP) is 4.67. The Kier molecular flexibility index (Phi) is 6.07. The molecule has 0 aliphatic carbocycles. The summed E-state index contributed by atoms with van der Waals surface area (Å²) in [7, 11) is 1.54. The first-order valence-corrected chi connectivity index (χ1v) is 10.3. The molecule has 9 heteroatoms. The van der Waals surface area contributed by atoms with Crippen molar-refractivity contribution in [3.05, 3.63) is 59.5 Å². The fourth-order valence-electron chi connectivity index (χ4n) is 3.69. The van der Waals surface area contributed by atoms with Crippen LogP contribution in [0.15, 0.2) is 40.9 Å². The molecule has 0 radical (unpaired) electrons. The number of hydrogen-bond donors (Lipinski definition) is 0. The van der Waals surface area contributed by atoms with Crippen LogP contribution in [0.2, 0.25) is 0 Å². The fourth-order valence-corrected chi connectivity index (χ4v) is 3.69. The normalized spacial score (nSPS) is 16.1. The third-order valence-electron chi connectivity index (χ3n) is 5.23. The molecule has 4 rings (SSSR count). The Hall–Kier alpha value is -3.49. The van der Waals surface area contributed by atoms with Gasteiger partial charge < -0.3 is 18.9 Å². The summed E-state index contributed by atoms with van der Waals surface area (Å²) in [5.41, 5.74) is 0.474. The minimum Gasteiger partial charge on any atom is -0.493 e. The van der Waals surface area contributed by atoms with Crippen molar-refractivity contribution in [2.24, 2.45) is 0 Å². The van der Waals surface area contributed by atoms with Crippen LogP contribution in [0.3, 0.4) is 0 Å². The molecule has 0 spiro atoms. The lowest BCUT2D eigenvalue weighted by Crippen LogP contribution is -2.28. The van der Waals surface area contributed by atoms with Crippen LogP contribution < -0.4 is 9.47 Å². The molecule has 1 aliphatic rings. The molecule has 7 nitrogen and oxygen atoms in total. The van der Waals surface area contributed by atoms with Gasteiger partial charge in [0.05, 0.1) is 19.8 Å². The van der Waals surface area contributed by atoms with Crippen molar-refractivity contribution in [2.75, 3.05) is 7.11 Å². The van der Waals surface area contributed by atoms with Gasteiger partial charge in [-0.25, -0.2) is 8.78 Å². The number of ether oxygens (including phenoxy) is 2. The molecule has 1 aliphatic heterocycles. The molecule has 0 saturated carbocycles. The number of rotatable bonds is 7. The van der Waals surface area contributed by atoms with Crippen molar-refractivity contribution >= 4 is 5.91 Å². The molecule has 0 bridgehead atoms. The number of methoxy groups -OCH3 is 1. The van der Waals surface area contributed by atoms with E-state index in [-0.39, 0.29) is 36.4 Å². The number of nitrogens with zero attached hydrogens (tertiary/aromatic N) is 3. The summed E-state index contributed by atoms with van der Waals surface area (Å²) in [6, 6.07) is 8.33. The Morgan fingerprint density at radius 2 is 1.94 bits per heavy atom. The number of halogens is 2. The average Bonchev–Trinajstić information content (AvgIpc) is 3.38. The number of carbonyl (C=O) groups excluding carboxylic acids is 1. The molecule has 168 valence electrons. The van der Waals surface area contributed by atoms with Crippen molar-refractivity contribution in [3.63, 3.8) is 0 Å². The van der Waals surface area contributed by atoms with Gasteiger partial charge in [0.25, 0.3) is 0 Å². The van der Waals surface area contributed by atoms with Crippen LogP contribution >= 0.6 is 0 Å². The second-order valence-corrected chi connectivity index (χ2v) is 7.76. The molecular formula is C23H23F2N3O4. The maximum atomic E-state index is 14.1. The summed E-state index contributed by atoms with van der Waals surface area (Å²) in [6.07, 6.45) is 0.630. The van der Waals surface area contributed by atoms with E-state index < -0.39 is 17.7 Å². The van der Waals surface area contributed by atoms with Gasteiger partial charge in [-0.1, -0.05) is 11.2 Å². The second-order valence-electron chi connectivity index (χ2n) is 7.76. The smallest absolute Gasteiger partial charge is 0.249 e. The third-order valence-corrected chi connectivity index (χ3v) is 5.23. The van der Waals surface area contributed by atoms with E-state index in [2.05, 4.69) is 10.1 Å². The number of carbonyl (C=O) groups is 1. The van der Waals surface area contributed by atoms with Gasteiger partial charge >= 0.3 is 0 Å².